The molecule has 1 aliphatic heterocycles. The number of carbonyl (C=O) groups is 1. The van der Waals surface area contributed by atoms with Crippen LogP contribution in [0.2, 0.25) is 0 Å². The van der Waals surface area contributed by atoms with Gasteiger partial charge in [0.25, 0.3) is 0 Å². The highest BCUT2D eigenvalue weighted by molar-refractivity contribution is 7.95. The lowest BCUT2D eigenvalue weighted by atomic mass is 10.1. The zero-order chi connectivity index (χ0) is 21.2. The average molecular weight is 415 g/mol. The third-order valence-corrected chi connectivity index (χ3v) is 7.77. The van der Waals surface area contributed by atoms with Crippen LogP contribution in [0.15, 0.2) is 55.1 Å². The van der Waals surface area contributed by atoms with Crippen LogP contribution >= 0.6 is 0 Å². The minimum atomic E-state index is -3.88. The van der Waals surface area contributed by atoms with E-state index in [4.69, 9.17) is 4.74 Å². The van der Waals surface area contributed by atoms with Gasteiger partial charge in [0.15, 0.2) is 4.75 Å². The number of hydrogen-bond donors (Lipinski definition) is 1. The molecule has 0 aliphatic carbocycles. The molecule has 0 unspecified atom stereocenters. The molecule has 1 fully saturated rings. The molecule has 29 heavy (non-hydrogen) atoms. The number of rotatable bonds is 6. The number of ether oxygens (including phenoxy) is 1. The van der Waals surface area contributed by atoms with E-state index in [1.165, 1.54) is 11.2 Å². The Balaban J connectivity index is 1.83. The second kappa shape index (κ2) is 7.91. The molecule has 0 radical (unpaired) electrons. The van der Waals surface area contributed by atoms with Crippen LogP contribution in [0.4, 0.5) is 11.4 Å². The maximum absolute atomic E-state index is 13.4. The molecule has 2 aromatic rings. The minimum Gasteiger partial charge on any atom is -0.490 e. The van der Waals surface area contributed by atoms with Crippen molar-refractivity contribution in [1.82, 2.24) is 0 Å². The summed E-state index contributed by atoms with van der Waals surface area (Å²) < 4.78 is 32.0. The predicted octanol–water partition coefficient (Wildman–Crippen LogP) is 3.81. The molecule has 0 saturated carbocycles. The lowest BCUT2D eigenvalue weighted by molar-refractivity contribution is -0.118. The molecule has 1 N–H and O–H groups in total. The molecule has 0 bridgehead atoms. The zero-order valence-corrected chi connectivity index (χ0v) is 17.8. The van der Waals surface area contributed by atoms with E-state index in [-0.39, 0.29) is 13.0 Å². The fourth-order valence-corrected chi connectivity index (χ4v) is 5.50. The molecule has 1 atom stereocenters. The molecule has 3 rings (SSSR count). The van der Waals surface area contributed by atoms with Crippen molar-refractivity contribution in [3.05, 3.63) is 66.2 Å². The average Bonchev–Trinajstić information content (AvgIpc) is 2.92. The standard InChI is InChI=1S/C22H26N2O4S/c1-5-15-28-19-11-9-18(10-12-19)23-21(25)22(4)13-14-24(29(22,26)27)20-16(2)7-6-8-17(20)3/h5-12H,1,13-15H2,2-4H3,(H,23,25)/t22-/m0/s1. The number of carbonyl (C=O) groups excluding carboxylic acids is 1. The largest absolute Gasteiger partial charge is 0.490 e. The van der Waals surface area contributed by atoms with Gasteiger partial charge >= 0.3 is 0 Å². The summed E-state index contributed by atoms with van der Waals surface area (Å²) in [5, 5.41) is 2.74. The first-order chi connectivity index (χ1) is 13.7. The van der Waals surface area contributed by atoms with Gasteiger partial charge in [-0.3, -0.25) is 9.10 Å². The smallest absolute Gasteiger partial charge is 0.249 e. The first-order valence-corrected chi connectivity index (χ1v) is 10.9. The van der Waals surface area contributed by atoms with Crippen molar-refractivity contribution < 1.29 is 17.9 Å². The van der Waals surface area contributed by atoms with Gasteiger partial charge in [0, 0.05) is 12.2 Å². The van der Waals surface area contributed by atoms with E-state index in [1.54, 1.807) is 30.3 Å². The summed E-state index contributed by atoms with van der Waals surface area (Å²) in [6, 6.07) is 12.5. The maximum atomic E-state index is 13.4. The number of aryl methyl sites for hydroxylation is 2. The summed E-state index contributed by atoms with van der Waals surface area (Å²) in [4.78, 5) is 13.0. The van der Waals surface area contributed by atoms with Gasteiger partial charge in [-0.1, -0.05) is 30.9 Å². The van der Waals surface area contributed by atoms with E-state index in [0.717, 1.165) is 11.1 Å². The molecule has 1 aliphatic rings. The molecule has 1 saturated heterocycles. The summed E-state index contributed by atoms with van der Waals surface area (Å²) in [5.74, 6) is 0.106. The van der Waals surface area contributed by atoms with Gasteiger partial charge in [-0.15, -0.1) is 0 Å². The van der Waals surface area contributed by atoms with Crippen molar-refractivity contribution in [2.75, 3.05) is 22.8 Å². The van der Waals surface area contributed by atoms with E-state index < -0.39 is 20.7 Å². The third-order valence-electron chi connectivity index (χ3n) is 5.30. The SMILES string of the molecule is C=CCOc1ccc(NC(=O)[C@]2(C)CCN(c3c(C)cccc3C)S2(=O)=O)cc1. The number of sulfonamides is 1. The van der Waals surface area contributed by atoms with Gasteiger partial charge in [-0.05, 0) is 62.6 Å². The molecule has 1 heterocycles. The summed E-state index contributed by atoms with van der Waals surface area (Å²) in [6.07, 6.45) is 1.86. The second-order valence-electron chi connectivity index (χ2n) is 7.38. The van der Waals surface area contributed by atoms with E-state index in [0.29, 0.717) is 23.7 Å². The Morgan fingerprint density at radius 2 is 1.83 bits per heavy atom. The third kappa shape index (κ3) is 3.74. The lowest BCUT2D eigenvalue weighted by Crippen LogP contribution is -2.47. The Labute approximate surface area is 172 Å². The number of hydrogen-bond acceptors (Lipinski definition) is 4. The molecule has 0 spiro atoms. The summed E-state index contributed by atoms with van der Waals surface area (Å²) >= 11 is 0. The fraction of sp³-hybridized carbons (Fsp3) is 0.318. The van der Waals surface area contributed by atoms with Crippen LogP contribution in [0, 0.1) is 13.8 Å². The maximum Gasteiger partial charge on any atom is 0.249 e. The molecular formula is C22H26N2O4S. The number of nitrogens with zero attached hydrogens (tertiary/aromatic N) is 1. The van der Waals surface area contributed by atoms with Crippen LogP contribution in [0.1, 0.15) is 24.5 Å². The van der Waals surface area contributed by atoms with Crippen LogP contribution < -0.4 is 14.4 Å². The van der Waals surface area contributed by atoms with Gasteiger partial charge in [0.05, 0.1) is 5.69 Å². The Kier molecular flexibility index (Phi) is 5.71. The van der Waals surface area contributed by atoms with Crippen LogP contribution in [-0.4, -0.2) is 32.2 Å². The highest BCUT2D eigenvalue weighted by Gasteiger charge is 2.55. The van der Waals surface area contributed by atoms with Gasteiger partial charge < -0.3 is 10.1 Å². The predicted molar refractivity (Wildman–Crippen MR) is 116 cm³/mol. The quantitative estimate of drug-likeness (QED) is 0.730. The topological polar surface area (TPSA) is 75.7 Å². The zero-order valence-electron chi connectivity index (χ0n) is 16.9. The van der Waals surface area contributed by atoms with Crippen molar-refractivity contribution in [3.63, 3.8) is 0 Å². The normalized spacial score (nSPS) is 20.3. The van der Waals surface area contributed by atoms with Crippen molar-refractivity contribution in [1.29, 1.82) is 0 Å². The number of benzene rings is 2. The molecule has 6 nitrogen and oxygen atoms in total. The van der Waals surface area contributed by atoms with Crippen molar-refractivity contribution in [2.45, 2.75) is 31.9 Å². The number of nitrogens with one attached hydrogen (secondary N) is 1. The van der Waals surface area contributed by atoms with E-state index in [1.807, 2.05) is 32.0 Å². The highest BCUT2D eigenvalue weighted by atomic mass is 32.2. The van der Waals surface area contributed by atoms with Gasteiger partial charge in [0.2, 0.25) is 15.9 Å². The van der Waals surface area contributed by atoms with Crippen LogP contribution in [0.25, 0.3) is 0 Å². The van der Waals surface area contributed by atoms with Crippen molar-refractivity contribution >= 4 is 27.3 Å². The number of para-hydroxylation sites is 1. The van der Waals surface area contributed by atoms with E-state index in [2.05, 4.69) is 11.9 Å². The highest BCUT2D eigenvalue weighted by Crippen LogP contribution is 2.40. The second-order valence-corrected chi connectivity index (χ2v) is 9.67. The van der Waals surface area contributed by atoms with Crippen LogP contribution in [-0.2, 0) is 14.8 Å². The lowest BCUT2D eigenvalue weighted by Gasteiger charge is -2.27. The summed E-state index contributed by atoms with van der Waals surface area (Å²) in [5.41, 5.74) is 2.91. The minimum absolute atomic E-state index is 0.218. The van der Waals surface area contributed by atoms with Crippen LogP contribution in [0.3, 0.4) is 0 Å². The number of anilines is 2. The van der Waals surface area contributed by atoms with Crippen molar-refractivity contribution in [3.8, 4) is 5.75 Å². The Bertz CT molecular complexity index is 1010. The van der Waals surface area contributed by atoms with Gasteiger partial charge in [-0.25, -0.2) is 8.42 Å². The van der Waals surface area contributed by atoms with Gasteiger partial charge in [-0.2, -0.15) is 0 Å². The summed E-state index contributed by atoms with van der Waals surface area (Å²) in [7, 11) is -3.88. The molecule has 154 valence electrons. The molecule has 1 amide bonds. The molecular weight excluding hydrogens is 388 g/mol. The Morgan fingerprint density at radius 1 is 1.21 bits per heavy atom. The van der Waals surface area contributed by atoms with Gasteiger partial charge in [0.1, 0.15) is 12.4 Å². The molecule has 0 aromatic heterocycles. The van der Waals surface area contributed by atoms with Crippen LogP contribution in [0.5, 0.6) is 5.75 Å². The van der Waals surface area contributed by atoms with E-state index >= 15 is 0 Å². The Morgan fingerprint density at radius 3 is 2.41 bits per heavy atom. The summed E-state index contributed by atoms with van der Waals surface area (Å²) in [6.45, 7) is 9.50. The monoisotopic (exact) mass is 414 g/mol. The van der Waals surface area contributed by atoms with Crippen molar-refractivity contribution in [2.24, 2.45) is 0 Å². The number of amides is 1. The molecule has 7 heteroatoms. The Hall–Kier alpha value is -2.80. The fourth-order valence-electron chi connectivity index (χ4n) is 3.52. The first-order valence-electron chi connectivity index (χ1n) is 9.44. The van der Waals surface area contributed by atoms with E-state index in [9.17, 15) is 13.2 Å². The first kappa shape index (κ1) is 20.9. The molecule has 2 aromatic carbocycles.